The zero-order valence-electron chi connectivity index (χ0n) is 11.0. The molecule has 0 aliphatic heterocycles. The van der Waals surface area contributed by atoms with E-state index in [1.54, 1.807) is 12.1 Å². The third-order valence-corrected chi connectivity index (χ3v) is 3.16. The molecule has 0 unspecified atom stereocenters. The zero-order valence-corrected chi connectivity index (χ0v) is 11.0. The second kappa shape index (κ2) is 6.48. The number of nitriles is 1. The van der Waals surface area contributed by atoms with E-state index in [-0.39, 0.29) is 10.6 Å². The monoisotopic (exact) mass is 266 g/mol. The summed E-state index contributed by atoms with van der Waals surface area (Å²) < 4.78 is 0. The molecule has 0 saturated carbocycles. The van der Waals surface area contributed by atoms with Crippen LogP contribution in [0, 0.1) is 21.4 Å². The summed E-state index contributed by atoms with van der Waals surface area (Å²) in [5.41, 5.74) is 3.10. The van der Waals surface area contributed by atoms with E-state index >= 15 is 0 Å². The average Bonchev–Trinajstić information content (AvgIpc) is 2.48. The van der Waals surface area contributed by atoms with Gasteiger partial charge in [-0.3, -0.25) is 10.1 Å². The third kappa shape index (κ3) is 3.66. The molecule has 0 fully saturated rings. The summed E-state index contributed by atoms with van der Waals surface area (Å²) in [5.74, 6) is 0. The molecule has 20 heavy (non-hydrogen) atoms. The number of benzene rings is 2. The highest BCUT2D eigenvalue weighted by Gasteiger charge is 2.03. The molecule has 0 amide bonds. The standard InChI is InChI=1S/C16H14N2O2/c17-12-15-6-4-13(5-7-15)2-1-3-14-8-10-16(11-9-14)18(19)20/h4-11H,1-3H2. The van der Waals surface area contributed by atoms with Gasteiger partial charge in [-0.1, -0.05) is 24.3 Å². The van der Waals surface area contributed by atoms with E-state index in [0.717, 1.165) is 24.8 Å². The van der Waals surface area contributed by atoms with Crippen LogP contribution in [0.25, 0.3) is 0 Å². The summed E-state index contributed by atoms with van der Waals surface area (Å²) in [6.45, 7) is 0. The Labute approximate surface area is 117 Å². The van der Waals surface area contributed by atoms with Crippen molar-refractivity contribution >= 4 is 5.69 Å². The van der Waals surface area contributed by atoms with E-state index in [9.17, 15) is 10.1 Å². The third-order valence-electron chi connectivity index (χ3n) is 3.16. The first kappa shape index (κ1) is 13.8. The minimum absolute atomic E-state index is 0.126. The number of non-ortho nitro benzene ring substituents is 1. The quantitative estimate of drug-likeness (QED) is 0.613. The fourth-order valence-electron chi connectivity index (χ4n) is 2.03. The van der Waals surface area contributed by atoms with Gasteiger partial charge in [-0.15, -0.1) is 0 Å². The Hall–Kier alpha value is -2.67. The summed E-state index contributed by atoms with van der Waals surface area (Å²) in [7, 11) is 0. The Bertz CT molecular complexity index is 625. The van der Waals surface area contributed by atoms with Gasteiger partial charge in [0, 0.05) is 12.1 Å². The predicted octanol–water partition coefficient (Wildman–Crippen LogP) is 3.64. The summed E-state index contributed by atoms with van der Waals surface area (Å²) >= 11 is 0. The second-order valence-corrected chi connectivity index (χ2v) is 4.59. The normalized spacial score (nSPS) is 9.95. The van der Waals surface area contributed by atoms with E-state index < -0.39 is 0 Å². The SMILES string of the molecule is N#Cc1ccc(CCCc2ccc([N+](=O)[O-])cc2)cc1. The molecule has 0 bridgehead atoms. The first-order chi connectivity index (χ1) is 9.69. The van der Waals surface area contributed by atoms with Crippen LogP contribution in [0.2, 0.25) is 0 Å². The Kier molecular flexibility index (Phi) is 4.46. The molecule has 0 saturated heterocycles. The van der Waals surface area contributed by atoms with E-state index in [1.807, 2.05) is 24.3 Å². The number of hydrogen-bond acceptors (Lipinski definition) is 3. The van der Waals surface area contributed by atoms with Crippen molar-refractivity contribution in [3.05, 3.63) is 75.3 Å². The van der Waals surface area contributed by atoms with Crippen molar-refractivity contribution in [1.29, 1.82) is 5.26 Å². The molecule has 0 heterocycles. The lowest BCUT2D eigenvalue weighted by Gasteiger charge is -2.02. The maximum absolute atomic E-state index is 10.5. The molecule has 4 nitrogen and oxygen atoms in total. The Morgan fingerprint density at radius 3 is 1.90 bits per heavy atom. The molecule has 0 spiro atoms. The van der Waals surface area contributed by atoms with Crippen LogP contribution in [0.4, 0.5) is 5.69 Å². The molecule has 2 aromatic rings. The van der Waals surface area contributed by atoms with Crippen molar-refractivity contribution in [2.75, 3.05) is 0 Å². The summed E-state index contributed by atoms with van der Waals surface area (Å²) in [4.78, 5) is 10.2. The Morgan fingerprint density at radius 1 is 0.950 bits per heavy atom. The fourth-order valence-corrected chi connectivity index (χ4v) is 2.03. The highest BCUT2D eigenvalue weighted by atomic mass is 16.6. The number of rotatable bonds is 5. The second-order valence-electron chi connectivity index (χ2n) is 4.59. The van der Waals surface area contributed by atoms with Gasteiger partial charge in [-0.05, 0) is 42.5 Å². The molecule has 0 aliphatic rings. The predicted molar refractivity (Wildman–Crippen MR) is 76.3 cm³/mol. The lowest BCUT2D eigenvalue weighted by molar-refractivity contribution is -0.384. The molecule has 0 aliphatic carbocycles. The van der Waals surface area contributed by atoms with Gasteiger partial charge in [-0.2, -0.15) is 5.26 Å². The molecular weight excluding hydrogens is 252 g/mol. The molecule has 4 heteroatoms. The molecule has 0 atom stereocenters. The minimum atomic E-state index is -0.388. The minimum Gasteiger partial charge on any atom is -0.258 e. The molecule has 2 aromatic carbocycles. The van der Waals surface area contributed by atoms with Gasteiger partial charge in [0.2, 0.25) is 0 Å². The van der Waals surface area contributed by atoms with Crippen molar-refractivity contribution in [1.82, 2.24) is 0 Å². The van der Waals surface area contributed by atoms with Crippen molar-refractivity contribution in [3.8, 4) is 6.07 Å². The van der Waals surface area contributed by atoms with Crippen LogP contribution in [-0.4, -0.2) is 4.92 Å². The van der Waals surface area contributed by atoms with Crippen molar-refractivity contribution in [3.63, 3.8) is 0 Å². The van der Waals surface area contributed by atoms with Crippen LogP contribution in [0.15, 0.2) is 48.5 Å². The van der Waals surface area contributed by atoms with Gasteiger partial charge < -0.3 is 0 Å². The number of aryl methyl sites for hydroxylation is 2. The van der Waals surface area contributed by atoms with Crippen LogP contribution < -0.4 is 0 Å². The molecule has 0 N–H and O–H groups in total. The van der Waals surface area contributed by atoms with Gasteiger partial charge in [0.1, 0.15) is 0 Å². The van der Waals surface area contributed by atoms with Crippen LogP contribution in [0.3, 0.4) is 0 Å². The van der Waals surface area contributed by atoms with Crippen molar-refractivity contribution in [2.45, 2.75) is 19.3 Å². The first-order valence-electron chi connectivity index (χ1n) is 6.41. The lowest BCUT2D eigenvalue weighted by atomic mass is 10.0. The largest absolute Gasteiger partial charge is 0.269 e. The van der Waals surface area contributed by atoms with Crippen molar-refractivity contribution < 1.29 is 4.92 Å². The zero-order chi connectivity index (χ0) is 14.4. The molecule has 0 radical (unpaired) electrons. The smallest absolute Gasteiger partial charge is 0.258 e. The Morgan fingerprint density at radius 2 is 1.45 bits per heavy atom. The van der Waals surface area contributed by atoms with Crippen LogP contribution in [0.1, 0.15) is 23.1 Å². The number of nitrogens with zero attached hydrogens (tertiary/aromatic N) is 2. The molecule has 0 aromatic heterocycles. The van der Waals surface area contributed by atoms with E-state index in [1.165, 1.54) is 17.7 Å². The van der Waals surface area contributed by atoms with Crippen LogP contribution in [-0.2, 0) is 12.8 Å². The first-order valence-corrected chi connectivity index (χ1v) is 6.41. The van der Waals surface area contributed by atoms with Gasteiger partial charge in [0.15, 0.2) is 0 Å². The highest BCUT2D eigenvalue weighted by Crippen LogP contribution is 2.14. The maximum atomic E-state index is 10.5. The molecule has 2 rings (SSSR count). The van der Waals surface area contributed by atoms with Gasteiger partial charge in [0.05, 0.1) is 16.6 Å². The lowest BCUT2D eigenvalue weighted by Crippen LogP contribution is -1.92. The number of hydrogen-bond donors (Lipinski definition) is 0. The summed E-state index contributed by atoms with van der Waals surface area (Å²) in [6, 6.07) is 16.4. The van der Waals surface area contributed by atoms with Crippen LogP contribution >= 0.6 is 0 Å². The molecule has 100 valence electrons. The average molecular weight is 266 g/mol. The molecular formula is C16H14N2O2. The summed E-state index contributed by atoms with van der Waals surface area (Å²) in [5, 5.41) is 19.3. The summed E-state index contributed by atoms with van der Waals surface area (Å²) in [6.07, 6.45) is 2.80. The maximum Gasteiger partial charge on any atom is 0.269 e. The van der Waals surface area contributed by atoms with E-state index in [2.05, 4.69) is 6.07 Å². The number of nitro benzene ring substituents is 1. The topological polar surface area (TPSA) is 66.9 Å². The highest BCUT2D eigenvalue weighted by molar-refractivity contribution is 5.33. The van der Waals surface area contributed by atoms with Crippen LogP contribution in [0.5, 0.6) is 0 Å². The number of nitro groups is 1. The van der Waals surface area contributed by atoms with Crippen molar-refractivity contribution in [2.24, 2.45) is 0 Å². The van der Waals surface area contributed by atoms with Gasteiger partial charge in [0.25, 0.3) is 5.69 Å². The van der Waals surface area contributed by atoms with Gasteiger partial charge >= 0.3 is 0 Å². The van der Waals surface area contributed by atoms with Gasteiger partial charge in [-0.25, -0.2) is 0 Å². The van der Waals surface area contributed by atoms with E-state index in [4.69, 9.17) is 5.26 Å². The Balaban J connectivity index is 1.86. The fraction of sp³-hybridized carbons (Fsp3) is 0.188. The van der Waals surface area contributed by atoms with E-state index in [0.29, 0.717) is 5.56 Å².